The van der Waals surface area contributed by atoms with Crippen LogP contribution in [0.15, 0.2) is 17.1 Å². The van der Waals surface area contributed by atoms with Crippen molar-refractivity contribution >= 4 is 41.5 Å². The molecule has 0 spiro atoms. The van der Waals surface area contributed by atoms with Crippen LogP contribution in [0.2, 0.25) is 0 Å². The molecule has 1 aromatic carbocycles. The highest BCUT2D eigenvalue weighted by atomic mass is 127. The lowest BCUT2D eigenvalue weighted by atomic mass is 10.2. The number of guanidine groups is 1. The van der Waals surface area contributed by atoms with Gasteiger partial charge in [0, 0.05) is 19.7 Å². The molecule has 0 radical (unpaired) electrons. The van der Waals surface area contributed by atoms with Crippen LogP contribution >= 0.6 is 24.0 Å². The normalized spacial score (nSPS) is 16.8. The Morgan fingerprint density at radius 1 is 1.27 bits per heavy atom. The molecule has 1 fully saturated rings. The number of carbonyl (C=O) groups excluding carboxylic acids is 1. The Morgan fingerprint density at radius 3 is 2.69 bits per heavy atom. The Kier molecular flexibility index (Phi) is 9.70. The quantitative estimate of drug-likeness (QED) is 0.250. The van der Waals surface area contributed by atoms with Crippen LogP contribution in [-0.2, 0) is 9.53 Å². The maximum absolute atomic E-state index is 13.5. The topological polar surface area (TPSA) is 74.8 Å². The molecule has 1 aromatic rings. The average molecular weight is 486 g/mol. The molecule has 1 aliphatic heterocycles. The molecule has 1 heterocycles. The molecule has 0 saturated carbocycles. The molecule has 2 rings (SSSR count). The molecular weight excluding hydrogens is 464 g/mol. The van der Waals surface area contributed by atoms with Crippen LogP contribution in [-0.4, -0.2) is 44.2 Å². The standard InChI is InChI=1S/C16H21F3N4O2.HI/c1-2-20-16(21-8-10-4-3-7-25-10)22-9-13(24)23-12-6-5-11(17)14(18)15(12)19;/h5-6,10H,2-4,7-9H2,1H3,(H,23,24)(H2,20,21,22);1H. The fraction of sp³-hybridized carbons (Fsp3) is 0.500. The highest BCUT2D eigenvalue weighted by molar-refractivity contribution is 14.0. The summed E-state index contributed by atoms with van der Waals surface area (Å²) in [4.78, 5) is 15.9. The van der Waals surface area contributed by atoms with Crippen LogP contribution in [0.5, 0.6) is 0 Å². The number of carbonyl (C=O) groups is 1. The summed E-state index contributed by atoms with van der Waals surface area (Å²) < 4.78 is 45.0. The van der Waals surface area contributed by atoms with Gasteiger partial charge in [0.2, 0.25) is 5.91 Å². The van der Waals surface area contributed by atoms with Crippen molar-refractivity contribution in [2.75, 3.05) is 31.6 Å². The SMILES string of the molecule is CCNC(=NCC(=O)Nc1ccc(F)c(F)c1F)NCC1CCCO1.I. The lowest BCUT2D eigenvalue weighted by Gasteiger charge is -2.14. The largest absolute Gasteiger partial charge is 0.376 e. The second-order valence-electron chi connectivity index (χ2n) is 5.48. The Balaban J connectivity index is 0.00000338. The first kappa shape index (κ1) is 22.5. The van der Waals surface area contributed by atoms with Crippen LogP contribution in [0.3, 0.4) is 0 Å². The van der Waals surface area contributed by atoms with E-state index in [1.54, 1.807) is 0 Å². The molecule has 0 aliphatic carbocycles. The van der Waals surface area contributed by atoms with E-state index in [-0.39, 0.29) is 36.6 Å². The zero-order valence-electron chi connectivity index (χ0n) is 14.3. The monoisotopic (exact) mass is 486 g/mol. The first-order valence-corrected chi connectivity index (χ1v) is 8.08. The summed E-state index contributed by atoms with van der Waals surface area (Å²) in [5, 5.41) is 8.20. The van der Waals surface area contributed by atoms with Crippen molar-refractivity contribution in [2.45, 2.75) is 25.9 Å². The van der Waals surface area contributed by atoms with Crippen LogP contribution in [0.1, 0.15) is 19.8 Å². The third-order valence-corrected chi connectivity index (χ3v) is 3.56. The number of halogens is 4. The van der Waals surface area contributed by atoms with E-state index in [0.29, 0.717) is 19.0 Å². The maximum Gasteiger partial charge on any atom is 0.246 e. The van der Waals surface area contributed by atoms with Gasteiger partial charge in [0.05, 0.1) is 11.8 Å². The van der Waals surface area contributed by atoms with Gasteiger partial charge in [-0.05, 0) is 31.9 Å². The number of ether oxygens (including phenoxy) is 1. The second kappa shape index (κ2) is 11.2. The van der Waals surface area contributed by atoms with Gasteiger partial charge in [0.25, 0.3) is 0 Å². The number of nitrogens with zero attached hydrogens (tertiary/aromatic N) is 1. The van der Waals surface area contributed by atoms with Gasteiger partial charge in [-0.1, -0.05) is 0 Å². The number of benzene rings is 1. The average Bonchev–Trinajstić information content (AvgIpc) is 3.11. The summed E-state index contributed by atoms with van der Waals surface area (Å²) in [6.07, 6.45) is 2.08. The molecule has 1 amide bonds. The van der Waals surface area contributed by atoms with Gasteiger partial charge in [0.15, 0.2) is 23.4 Å². The Hall–Kier alpha value is -1.56. The summed E-state index contributed by atoms with van der Waals surface area (Å²) in [7, 11) is 0. The van der Waals surface area contributed by atoms with Gasteiger partial charge in [-0.25, -0.2) is 18.2 Å². The maximum atomic E-state index is 13.5. The Bertz CT molecular complexity index is 640. The first-order chi connectivity index (χ1) is 12.0. The van der Waals surface area contributed by atoms with Crippen molar-refractivity contribution in [3.05, 3.63) is 29.6 Å². The summed E-state index contributed by atoms with van der Waals surface area (Å²) >= 11 is 0. The lowest BCUT2D eigenvalue weighted by Crippen LogP contribution is -2.41. The molecule has 3 N–H and O–H groups in total. The van der Waals surface area contributed by atoms with Crippen LogP contribution in [0, 0.1) is 17.5 Å². The van der Waals surface area contributed by atoms with Crippen LogP contribution in [0.4, 0.5) is 18.9 Å². The van der Waals surface area contributed by atoms with Crippen molar-refractivity contribution in [3.63, 3.8) is 0 Å². The minimum absolute atomic E-state index is 0. The molecule has 0 bridgehead atoms. The predicted molar refractivity (Wildman–Crippen MR) is 103 cm³/mol. The molecule has 10 heteroatoms. The van der Waals surface area contributed by atoms with E-state index in [4.69, 9.17) is 4.74 Å². The molecule has 1 unspecified atom stereocenters. The molecule has 26 heavy (non-hydrogen) atoms. The fourth-order valence-corrected chi connectivity index (χ4v) is 2.32. The number of anilines is 1. The minimum Gasteiger partial charge on any atom is -0.376 e. The smallest absolute Gasteiger partial charge is 0.246 e. The number of hydrogen-bond acceptors (Lipinski definition) is 3. The number of aliphatic imine (C=N–C) groups is 1. The zero-order valence-corrected chi connectivity index (χ0v) is 16.6. The fourth-order valence-electron chi connectivity index (χ4n) is 2.32. The van der Waals surface area contributed by atoms with E-state index in [2.05, 4.69) is 20.9 Å². The molecule has 1 atom stereocenters. The van der Waals surface area contributed by atoms with Crippen molar-refractivity contribution in [2.24, 2.45) is 4.99 Å². The van der Waals surface area contributed by atoms with E-state index in [1.807, 2.05) is 6.92 Å². The van der Waals surface area contributed by atoms with Gasteiger partial charge in [-0.15, -0.1) is 24.0 Å². The molecular formula is C16H22F3IN4O2. The number of rotatable bonds is 6. The van der Waals surface area contributed by atoms with Gasteiger partial charge in [-0.2, -0.15) is 0 Å². The van der Waals surface area contributed by atoms with E-state index < -0.39 is 29.0 Å². The Morgan fingerprint density at radius 2 is 2.04 bits per heavy atom. The summed E-state index contributed by atoms with van der Waals surface area (Å²) in [5.74, 6) is -4.63. The van der Waals surface area contributed by atoms with E-state index in [1.165, 1.54) is 0 Å². The van der Waals surface area contributed by atoms with Gasteiger partial charge in [0.1, 0.15) is 6.54 Å². The molecule has 146 valence electrons. The number of nitrogens with one attached hydrogen (secondary N) is 3. The van der Waals surface area contributed by atoms with Crippen LogP contribution < -0.4 is 16.0 Å². The second-order valence-corrected chi connectivity index (χ2v) is 5.48. The zero-order chi connectivity index (χ0) is 18.2. The predicted octanol–water partition coefficient (Wildman–Crippen LogP) is 2.39. The van der Waals surface area contributed by atoms with Crippen LogP contribution in [0.25, 0.3) is 0 Å². The van der Waals surface area contributed by atoms with E-state index >= 15 is 0 Å². The van der Waals surface area contributed by atoms with Gasteiger partial charge >= 0.3 is 0 Å². The minimum atomic E-state index is -1.63. The summed E-state index contributed by atoms with van der Waals surface area (Å²) in [5.41, 5.74) is -0.434. The van der Waals surface area contributed by atoms with Crippen molar-refractivity contribution < 1.29 is 22.7 Å². The molecule has 1 saturated heterocycles. The first-order valence-electron chi connectivity index (χ1n) is 8.08. The highest BCUT2D eigenvalue weighted by Gasteiger charge is 2.16. The van der Waals surface area contributed by atoms with Crippen molar-refractivity contribution in [1.82, 2.24) is 10.6 Å². The number of amides is 1. The third kappa shape index (κ3) is 6.63. The summed E-state index contributed by atoms with van der Waals surface area (Å²) in [6, 6.07) is 1.70. The third-order valence-electron chi connectivity index (χ3n) is 3.56. The lowest BCUT2D eigenvalue weighted by molar-refractivity contribution is -0.114. The molecule has 1 aliphatic rings. The van der Waals surface area contributed by atoms with E-state index in [9.17, 15) is 18.0 Å². The number of hydrogen-bond donors (Lipinski definition) is 3. The van der Waals surface area contributed by atoms with Crippen molar-refractivity contribution in [1.29, 1.82) is 0 Å². The van der Waals surface area contributed by atoms with E-state index in [0.717, 1.165) is 31.6 Å². The highest BCUT2D eigenvalue weighted by Crippen LogP contribution is 2.19. The van der Waals surface area contributed by atoms with Gasteiger partial charge < -0.3 is 20.7 Å². The molecule has 0 aromatic heterocycles. The Labute approximate surface area is 167 Å². The van der Waals surface area contributed by atoms with Crippen molar-refractivity contribution in [3.8, 4) is 0 Å². The summed E-state index contributed by atoms with van der Waals surface area (Å²) in [6.45, 7) is 3.46. The molecule has 6 nitrogen and oxygen atoms in total. The van der Waals surface area contributed by atoms with Gasteiger partial charge in [-0.3, -0.25) is 4.79 Å².